The molecule has 1 aliphatic rings. The molecule has 0 radical (unpaired) electrons. The van der Waals surface area contributed by atoms with Crippen LogP contribution in [0.4, 0.5) is 20.7 Å². The van der Waals surface area contributed by atoms with Gasteiger partial charge in [-0.15, -0.1) is 0 Å². The van der Waals surface area contributed by atoms with Gasteiger partial charge >= 0.3 is 6.03 Å². The molecule has 0 aromatic carbocycles. The van der Waals surface area contributed by atoms with Gasteiger partial charge in [0, 0.05) is 38.2 Å². The van der Waals surface area contributed by atoms with Crippen molar-refractivity contribution in [1.29, 1.82) is 0 Å². The second-order valence-electron chi connectivity index (χ2n) is 8.86. The number of allylic oxidation sites excluding steroid dienone is 3. The fourth-order valence-corrected chi connectivity index (χ4v) is 4.35. The molecule has 3 aromatic rings. The molecule has 0 spiro atoms. The van der Waals surface area contributed by atoms with E-state index in [1.807, 2.05) is 19.9 Å². The summed E-state index contributed by atoms with van der Waals surface area (Å²) in [4.78, 5) is 23.2. The SMILES string of the molecule is C=C(CC/C=C/Cc1ccnc2c1CCN2C(=O)Nc1cc(F)c2nc(C)cn2c1)CCCC.CC.[HH]. The number of hydrogen-bond donors (Lipinski definition) is 1. The van der Waals surface area contributed by atoms with Gasteiger partial charge in [0.2, 0.25) is 0 Å². The first-order valence-corrected chi connectivity index (χ1v) is 13.0. The molecule has 7 heteroatoms. The lowest BCUT2D eigenvalue weighted by Gasteiger charge is -2.17. The van der Waals surface area contributed by atoms with Gasteiger partial charge in [0.05, 0.1) is 11.4 Å². The monoisotopic (exact) mass is 493 g/mol. The minimum absolute atomic E-state index is 0. The van der Waals surface area contributed by atoms with E-state index in [0.29, 0.717) is 23.7 Å². The third-order valence-electron chi connectivity index (χ3n) is 6.15. The number of aryl methyl sites for hydroxylation is 1. The Morgan fingerprint density at radius 3 is 2.86 bits per heavy atom. The van der Waals surface area contributed by atoms with Gasteiger partial charge in [-0.3, -0.25) is 4.90 Å². The van der Waals surface area contributed by atoms with Gasteiger partial charge in [0.1, 0.15) is 5.82 Å². The molecule has 4 heterocycles. The Morgan fingerprint density at radius 2 is 2.08 bits per heavy atom. The molecule has 0 fully saturated rings. The summed E-state index contributed by atoms with van der Waals surface area (Å²) in [5.74, 6) is 0.199. The highest BCUT2D eigenvalue weighted by molar-refractivity contribution is 6.02. The number of unbranched alkanes of at least 4 members (excludes halogenated alkanes) is 1. The highest BCUT2D eigenvalue weighted by atomic mass is 19.1. The lowest BCUT2D eigenvalue weighted by molar-refractivity contribution is 0.257. The van der Waals surface area contributed by atoms with Crippen molar-refractivity contribution in [1.82, 2.24) is 14.4 Å². The number of rotatable bonds is 9. The van der Waals surface area contributed by atoms with E-state index in [1.165, 1.54) is 30.0 Å². The van der Waals surface area contributed by atoms with Crippen LogP contribution in [0.25, 0.3) is 5.65 Å². The zero-order chi connectivity index (χ0) is 26.1. The number of pyridine rings is 2. The molecule has 6 nitrogen and oxygen atoms in total. The van der Waals surface area contributed by atoms with Crippen LogP contribution in [0.15, 0.2) is 55.0 Å². The number of nitrogens with one attached hydrogen (secondary N) is 1. The summed E-state index contributed by atoms with van der Waals surface area (Å²) >= 11 is 0. The van der Waals surface area contributed by atoms with Crippen LogP contribution in [0, 0.1) is 12.7 Å². The van der Waals surface area contributed by atoms with E-state index in [4.69, 9.17) is 0 Å². The lowest BCUT2D eigenvalue weighted by Crippen LogP contribution is -2.34. The first kappa shape index (κ1) is 27.1. The molecule has 0 atom stereocenters. The normalized spacial score (nSPS) is 12.5. The third-order valence-corrected chi connectivity index (χ3v) is 6.15. The summed E-state index contributed by atoms with van der Waals surface area (Å²) in [7, 11) is 0. The van der Waals surface area contributed by atoms with E-state index in [-0.39, 0.29) is 13.1 Å². The number of nitrogens with zero attached hydrogens (tertiary/aromatic N) is 4. The number of hydrogen-bond acceptors (Lipinski definition) is 3. The van der Waals surface area contributed by atoms with Gasteiger partial charge in [0.15, 0.2) is 11.5 Å². The fraction of sp³-hybridized carbons (Fsp3) is 0.414. The van der Waals surface area contributed by atoms with Crippen molar-refractivity contribution in [2.45, 2.75) is 72.6 Å². The van der Waals surface area contributed by atoms with E-state index in [9.17, 15) is 9.18 Å². The van der Waals surface area contributed by atoms with Crippen LogP contribution in [0.5, 0.6) is 0 Å². The van der Waals surface area contributed by atoms with Crippen LogP contribution in [0.1, 0.15) is 71.1 Å². The van der Waals surface area contributed by atoms with Gasteiger partial charge in [-0.05, 0) is 57.1 Å². The summed E-state index contributed by atoms with van der Waals surface area (Å²) in [5, 5.41) is 2.81. The van der Waals surface area contributed by atoms with E-state index < -0.39 is 5.82 Å². The Kier molecular flexibility index (Phi) is 9.79. The van der Waals surface area contributed by atoms with Gasteiger partial charge < -0.3 is 9.72 Å². The number of fused-ring (bicyclic) bond motifs is 2. The van der Waals surface area contributed by atoms with E-state index >= 15 is 0 Å². The van der Waals surface area contributed by atoms with Crippen LogP contribution in [0.2, 0.25) is 0 Å². The number of amides is 2. The smallest absolute Gasteiger partial charge is 0.306 e. The molecule has 0 unspecified atom stereocenters. The second-order valence-corrected chi connectivity index (χ2v) is 8.86. The predicted octanol–water partition coefficient (Wildman–Crippen LogP) is 7.67. The Balaban J connectivity index is 0.00000157. The second kappa shape index (κ2) is 13.0. The Bertz CT molecular complexity index is 1240. The molecule has 194 valence electrons. The average Bonchev–Trinajstić information content (AvgIpc) is 3.47. The topological polar surface area (TPSA) is 62.5 Å². The summed E-state index contributed by atoms with van der Waals surface area (Å²) in [6.07, 6.45) is 16.7. The standard InChI is InChI=1S/C27H32FN5O.C2H6.H2/c1-4-5-9-19(2)10-7-6-8-11-21-12-14-29-25-23(21)13-15-33(25)27(34)31-22-16-24(28)26-30-20(3)17-32(26)18-22;1-2;/h6,8,12,14,16-18H,2,4-5,7,9-11,13,15H2,1,3H3,(H,31,34);1-2H3;1H/b8-6+;;. The highest BCUT2D eigenvalue weighted by Gasteiger charge is 2.28. The minimum atomic E-state index is -0.478. The molecule has 4 rings (SSSR count). The van der Waals surface area contributed by atoms with Crippen LogP contribution in [0.3, 0.4) is 0 Å². The zero-order valence-corrected chi connectivity index (χ0v) is 22.0. The molecule has 1 aliphatic heterocycles. The summed E-state index contributed by atoms with van der Waals surface area (Å²) < 4.78 is 16.0. The number of anilines is 2. The van der Waals surface area contributed by atoms with Crippen LogP contribution >= 0.6 is 0 Å². The first-order chi connectivity index (χ1) is 17.5. The molecule has 2 amide bonds. The lowest BCUT2D eigenvalue weighted by atomic mass is 10.0. The quantitative estimate of drug-likeness (QED) is 0.311. The molecular formula is C29H40FN5O. The maximum atomic E-state index is 14.4. The maximum Gasteiger partial charge on any atom is 0.327 e. The average molecular weight is 494 g/mol. The van der Waals surface area contributed by atoms with Crippen molar-refractivity contribution in [3.63, 3.8) is 0 Å². The molecule has 0 saturated heterocycles. The number of carbonyl (C=O) groups excluding carboxylic acids is 1. The number of imidazole rings is 1. The molecule has 1 N–H and O–H groups in total. The number of halogens is 1. The van der Waals surface area contributed by atoms with Gasteiger partial charge in [-0.1, -0.05) is 51.5 Å². The Morgan fingerprint density at radius 1 is 1.28 bits per heavy atom. The van der Waals surface area contributed by atoms with Gasteiger partial charge in [-0.25, -0.2) is 19.2 Å². The first-order valence-electron chi connectivity index (χ1n) is 13.0. The van der Waals surface area contributed by atoms with Crippen molar-refractivity contribution in [2.75, 3.05) is 16.8 Å². The Hall–Kier alpha value is -3.48. The van der Waals surface area contributed by atoms with Crippen LogP contribution in [-0.2, 0) is 12.8 Å². The highest BCUT2D eigenvalue weighted by Crippen LogP contribution is 2.29. The van der Waals surface area contributed by atoms with Crippen molar-refractivity contribution in [2.24, 2.45) is 0 Å². The molecule has 0 saturated carbocycles. The maximum absolute atomic E-state index is 14.4. The van der Waals surface area contributed by atoms with E-state index in [0.717, 1.165) is 37.7 Å². The Labute approximate surface area is 215 Å². The summed E-state index contributed by atoms with van der Waals surface area (Å²) in [6, 6.07) is 3.00. The summed E-state index contributed by atoms with van der Waals surface area (Å²) in [5.41, 5.74) is 4.93. The molecule has 36 heavy (non-hydrogen) atoms. The van der Waals surface area contributed by atoms with Crippen molar-refractivity contribution in [3.8, 4) is 0 Å². The number of urea groups is 1. The van der Waals surface area contributed by atoms with Crippen LogP contribution < -0.4 is 10.2 Å². The van der Waals surface area contributed by atoms with Crippen LogP contribution in [-0.4, -0.2) is 26.9 Å². The molecule has 0 bridgehead atoms. The van der Waals surface area contributed by atoms with Crippen molar-refractivity contribution >= 4 is 23.2 Å². The predicted molar refractivity (Wildman–Crippen MR) is 148 cm³/mol. The number of carbonyl (C=O) groups is 1. The fourth-order valence-electron chi connectivity index (χ4n) is 4.35. The third kappa shape index (κ3) is 6.59. The van der Waals surface area contributed by atoms with E-state index in [2.05, 4.69) is 40.9 Å². The summed E-state index contributed by atoms with van der Waals surface area (Å²) in [6.45, 7) is 12.7. The molecule has 3 aromatic heterocycles. The van der Waals surface area contributed by atoms with Crippen molar-refractivity contribution in [3.05, 3.63) is 77.7 Å². The zero-order valence-electron chi connectivity index (χ0n) is 22.0. The minimum Gasteiger partial charge on any atom is -0.306 e. The molecule has 0 aliphatic carbocycles. The largest absolute Gasteiger partial charge is 0.327 e. The number of aromatic nitrogens is 3. The van der Waals surface area contributed by atoms with Gasteiger partial charge in [-0.2, -0.15) is 0 Å². The van der Waals surface area contributed by atoms with Gasteiger partial charge in [0.25, 0.3) is 0 Å². The molecular weight excluding hydrogens is 453 g/mol. The van der Waals surface area contributed by atoms with Crippen molar-refractivity contribution < 1.29 is 10.6 Å². The van der Waals surface area contributed by atoms with E-state index in [1.54, 1.807) is 34.8 Å².